The molecule has 6 nitrogen and oxygen atoms in total. The zero-order valence-electron chi connectivity index (χ0n) is 12.6. The van der Waals surface area contributed by atoms with Crippen LogP contribution in [0.4, 0.5) is 0 Å². The van der Waals surface area contributed by atoms with Crippen molar-refractivity contribution in [1.29, 1.82) is 0 Å². The number of hydrogen-bond acceptors (Lipinski definition) is 5. The molecule has 0 radical (unpaired) electrons. The molecule has 0 aromatic carbocycles. The molecule has 2 aromatic heterocycles. The first-order valence-corrected chi connectivity index (χ1v) is 7.84. The summed E-state index contributed by atoms with van der Waals surface area (Å²) in [5.41, 5.74) is 0.566. The van der Waals surface area contributed by atoms with Crippen molar-refractivity contribution in [3.05, 3.63) is 48.7 Å². The lowest BCUT2D eigenvalue weighted by atomic mass is 10.0. The van der Waals surface area contributed by atoms with Gasteiger partial charge >= 0.3 is 0 Å². The summed E-state index contributed by atoms with van der Waals surface area (Å²) in [6, 6.07) is 5.44. The molecule has 2 aromatic rings. The topological polar surface area (TPSA) is 64.8 Å². The van der Waals surface area contributed by atoms with E-state index in [2.05, 4.69) is 4.98 Å². The van der Waals surface area contributed by atoms with Crippen LogP contribution in [0.25, 0.3) is 0 Å². The van der Waals surface area contributed by atoms with Gasteiger partial charge in [0.05, 0.1) is 30.6 Å². The van der Waals surface area contributed by atoms with Gasteiger partial charge in [-0.2, -0.15) is 0 Å². The second kappa shape index (κ2) is 6.04. The minimum absolute atomic E-state index is 0.0310. The first-order valence-electron chi connectivity index (χ1n) is 7.84. The lowest BCUT2D eigenvalue weighted by molar-refractivity contribution is -0.0447. The maximum absolute atomic E-state index is 12.7. The molecule has 0 unspecified atom stereocenters. The number of carbonyl (C=O) groups excluding carboxylic acids is 1. The largest absolute Gasteiger partial charge is 0.484 e. The van der Waals surface area contributed by atoms with E-state index in [-0.39, 0.29) is 24.2 Å². The van der Waals surface area contributed by atoms with Gasteiger partial charge in [-0.05, 0) is 31.0 Å². The SMILES string of the molecule is O=C(c1ccoc1)N1C[C@@H](Oc2cccnc2)[C@H]2OCCC[C@H]21. The van der Waals surface area contributed by atoms with Gasteiger partial charge in [0.15, 0.2) is 0 Å². The Labute approximate surface area is 134 Å². The van der Waals surface area contributed by atoms with Crippen LogP contribution in [0.1, 0.15) is 23.2 Å². The molecule has 2 aliphatic rings. The number of hydrogen-bond donors (Lipinski definition) is 0. The molecule has 4 rings (SSSR count). The predicted octanol–water partition coefficient (Wildman–Crippen LogP) is 2.13. The van der Waals surface area contributed by atoms with E-state index >= 15 is 0 Å². The minimum Gasteiger partial charge on any atom is -0.484 e. The molecule has 0 N–H and O–H groups in total. The second-order valence-electron chi connectivity index (χ2n) is 5.86. The van der Waals surface area contributed by atoms with Crippen molar-refractivity contribution in [2.45, 2.75) is 31.1 Å². The van der Waals surface area contributed by atoms with Gasteiger partial charge in [0.1, 0.15) is 24.2 Å². The van der Waals surface area contributed by atoms with Crippen LogP contribution in [-0.2, 0) is 4.74 Å². The molecule has 6 heteroatoms. The minimum atomic E-state index is -0.180. The van der Waals surface area contributed by atoms with Gasteiger partial charge in [0, 0.05) is 12.8 Å². The van der Waals surface area contributed by atoms with Crippen LogP contribution in [0.5, 0.6) is 5.75 Å². The van der Waals surface area contributed by atoms with Crippen molar-refractivity contribution in [3.63, 3.8) is 0 Å². The highest BCUT2D eigenvalue weighted by Gasteiger charge is 2.47. The molecule has 120 valence electrons. The second-order valence-corrected chi connectivity index (χ2v) is 5.86. The predicted molar refractivity (Wildman–Crippen MR) is 81.2 cm³/mol. The Hall–Kier alpha value is -2.34. The van der Waals surface area contributed by atoms with Crippen LogP contribution in [0, 0.1) is 0 Å². The average Bonchev–Trinajstić information content (AvgIpc) is 3.24. The maximum Gasteiger partial charge on any atom is 0.257 e. The van der Waals surface area contributed by atoms with Crippen molar-refractivity contribution in [3.8, 4) is 5.75 Å². The zero-order chi connectivity index (χ0) is 15.6. The Morgan fingerprint density at radius 2 is 2.35 bits per heavy atom. The van der Waals surface area contributed by atoms with E-state index in [0.29, 0.717) is 24.5 Å². The van der Waals surface area contributed by atoms with E-state index in [0.717, 1.165) is 12.8 Å². The molecule has 4 heterocycles. The summed E-state index contributed by atoms with van der Waals surface area (Å²) in [6.07, 6.45) is 7.99. The van der Waals surface area contributed by atoms with Gasteiger partial charge in [0.25, 0.3) is 5.91 Å². The van der Waals surface area contributed by atoms with Crippen molar-refractivity contribution < 1.29 is 18.7 Å². The number of pyridine rings is 1. The van der Waals surface area contributed by atoms with Crippen LogP contribution in [0.2, 0.25) is 0 Å². The van der Waals surface area contributed by atoms with E-state index in [1.165, 1.54) is 12.5 Å². The lowest BCUT2D eigenvalue weighted by Gasteiger charge is -2.31. The van der Waals surface area contributed by atoms with E-state index in [1.54, 1.807) is 18.5 Å². The van der Waals surface area contributed by atoms with Crippen LogP contribution in [-0.4, -0.2) is 47.2 Å². The summed E-state index contributed by atoms with van der Waals surface area (Å²) >= 11 is 0. The lowest BCUT2D eigenvalue weighted by Crippen LogP contribution is -2.44. The molecule has 0 aliphatic carbocycles. The molecule has 0 saturated carbocycles. The van der Waals surface area contributed by atoms with Crippen LogP contribution in [0.15, 0.2) is 47.5 Å². The van der Waals surface area contributed by atoms with Gasteiger partial charge in [-0.15, -0.1) is 0 Å². The van der Waals surface area contributed by atoms with Crippen molar-refractivity contribution in [2.24, 2.45) is 0 Å². The number of aromatic nitrogens is 1. The Balaban J connectivity index is 1.56. The fraction of sp³-hybridized carbons (Fsp3) is 0.412. The molecule has 0 bridgehead atoms. The van der Waals surface area contributed by atoms with Crippen molar-refractivity contribution in [2.75, 3.05) is 13.2 Å². The van der Waals surface area contributed by atoms with E-state index in [1.807, 2.05) is 17.0 Å². The molecular formula is C17H18N2O4. The number of likely N-dealkylation sites (tertiary alicyclic amines) is 1. The van der Waals surface area contributed by atoms with Gasteiger partial charge < -0.3 is 18.8 Å². The first kappa shape index (κ1) is 14.3. The van der Waals surface area contributed by atoms with Crippen LogP contribution < -0.4 is 4.74 Å². The Kier molecular flexibility index (Phi) is 3.75. The molecule has 3 atom stereocenters. The fourth-order valence-electron chi connectivity index (χ4n) is 3.39. The highest BCUT2D eigenvalue weighted by atomic mass is 16.5. The zero-order valence-corrected chi connectivity index (χ0v) is 12.6. The number of nitrogens with zero attached hydrogens (tertiary/aromatic N) is 2. The Morgan fingerprint density at radius 1 is 1.39 bits per heavy atom. The molecule has 2 saturated heterocycles. The summed E-state index contributed by atoms with van der Waals surface area (Å²) in [5, 5.41) is 0. The monoisotopic (exact) mass is 314 g/mol. The van der Waals surface area contributed by atoms with Gasteiger partial charge in [0.2, 0.25) is 0 Å². The summed E-state index contributed by atoms with van der Waals surface area (Å²) in [5.74, 6) is 0.666. The van der Waals surface area contributed by atoms with Crippen molar-refractivity contribution >= 4 is 5.91 Å². The van der Waals surface area contributed by atoms with E-state index < -0.39 is 0 Å². The highest BCUT2D eigenvalue weighted by Crippen LogP contribution is 2.32. The smallest absolute Gasteiger partial charge is 0.257 e. The van der Waals surface area contributed by atoms with Gasteiger partial charge in [-0.1, -0.05) is 0 Å². The average molecular weight is 314 g/mol. The Bertz CT molecular complexity index is 658. The Morgan fingerprint density at radius 3 is 3.13 bits per heavy atom. The number of amides is 1. The quantitative estimate of drug-likeness (QED) is 0.868. The fourth-order valence-corrected chi connectivity index (χ4v) is 3.39. The van der Waals surface area contributed by atoms with Crippen molar-refractivity contribution in [1.82, 2.24) is 9.88 Å². The molecule has 23 heavy (non-hydrogen) atoms. The molecule has 1 amide bonds. The number of fused-ring (bicyclic) bond motifs is 1. The summed E-state index contributed by atoms with van der Waals surface area (Å²) in [6.45, 7) is 1.22. The first-order chi connectivity index (χ1) is 11.3. The summed E-state index contributed by atoms with van der Waals surface area (Å²) in [4.78, 5) is 18.6. The standard InChI is InChI=1S/C17H18N2O4/c20-17(12-5-8-21-11-12)19-10-15(16-14(19)4-2-7-22-16)23-13-3-1-6-18-9-13/h1,3,5-6,8-9,11,14-16H,2,4,7,10H2/t14-,15-,16+/m1/s1. The molecule has 0 spiro atoms. The third-order valence-corrected chi connectivity index (χ3v) is 4.43. The van der Waals surface area contributed by atoms with Crippen LogP contribution >= 0.6 is 0 Å². The third-order valence-electron chi connectivity index (χ3n) is 4.43. The molecule has 2 aliphatic heterocycles. The molecule has 2 fully saturated rings. The summed E-state index contributed by atoms with van der Waals surface area (Å²) < 4.78 is 17.0. The van der Waals surface area contributed by atoms with E-state index in [9.17, 15) is 4.79 Å². The number of rotatable bonds is 3. The van der Waals surface area contributed by atoms with Crippen LogP contribution in [0.3, 0.4) is 0 Å². The third kappa shape index (κ3) is 2.70. The number of ether oxygens (including phenoxy) is 2. The molecular weight excluding hydrogens is 296 g/mol. The number of carbonyl (C=O) groups is 1. The normalized spacial score (nSPS) is 26.8. The van der Waals surface area contributed by atoms with E-state index in [4.69, 9.17) is 13.9 Å². The summed E-state index contributed by atoms with van der Waals surface area (Å²) in [7, 11) is 0. The number of furan rings is 1. The van der Waals surface area contributed by atoms with Gasteiger partial charge in [-0.3, -0.25) is 9.78 Å². The van der Waals surface area contributed by atoms with Gasteiger partial charge in [-0.25, -0.2) is 0 Å². The maximum atomic E-state index is 12.7. The highest BCUT2D eigenvalue weighted by molar-refractivity contribution is 5.94.